The minimum Gasteiger partial charge on any atom is -0.497 e. The number of aliphatic hydroxyl groups excluding tert-OH is 1. The molecule has 7 nitrogen and oxygen atoms in total. The second-order valence-corrected chi connectivity index (χ2v) is 5.42. The third kappa shape index (κ3) is 2.38. The molecule has 7 heteroatoms. The van der Waals surface area contributed by atoms with Crippen molar-refractivity contribution in [2.45, 2.75) is 12.2 Å². The zero-order valence-electron chi connectivity index (χ0n) is 13.5. The molecule has 3 rings (SSSR count). The summed E-state index contributed by atoms with van der Waals surface area (Å²) < 4.78 is 16.2. The molecule has 2 atom stereocenters. The van der Waals surface area contributed by atoms with Crippen molar-refractivity contribution in [2.75, 3.05) is 21.3 Å². The molecule has 0 amide bonds. The highest BCUT2D eigenvalue weighted by Crippen LogP contribution is 2.51. The summed E-state index contributed by atoms with van der Waals surface area (Å²) in [7, 11) is 4.55. The van der Waals surface area contributed by atoms with Crippen LogP contribution in [0.15, 0.2) is 30.3 Å². The molecule has 126 valence electrons. The number of methoxy groups -OCH3 is 3. The smallest absolute Gasteiger partial charge is 0.269 e. The van der Waals surface area contributed by atoms with Gasteiger partial charge in [-0.05, 0) is 28.8 Å². The second kappa shape index (κ2) is 6.10. The molecule has 2 aromatic rings. The lowest BCUT2D eigenvalue weighted by Crippen LogP contribution is -2.20. The van der Waals surface area contributed by atoms with Crippen LogP contribution in [-0.2, 0) is 4.74 Å². The van der Waals surface area contributed by atoms with Crippen molar-refractivity contribution in [1.29, 1.82) is 0 Å². The van der Waals surface area contributed by atoms with Gasteiger partial charge in [0.05, 0.1) is 19.1 Å². The molecular weight excluding hydrogens is 314 g/mol. The summed E-state index contributed by atoms with van der Waals surface area (Å²) in [4.78, 5) is 10.6. The highest BCUT2D eigenvalue weighted by atomic mass is 16.6. The van der Waals surface area contributed by atoms with Crippen LogP contribution in [0, 0.1) is 10.1 Å². The number of aliphatic hydroxyl groups is 1. The van der Waals surface area contributed by atoms with Crippen LogP contribution in [-0.4, -0.2) is 31.4 Å². The number of benzene rings is 2. The van der Waals surface area contributed by atoms with Gasteiger partial charge in [0, 0.05) is 30.9 Å². The molecule has 1 N–H and O–H groups in total. The van der Waals surface area contributed by atoms with Crippen molar-refractivity contribution >= 4 is 5.69 Å². The van der Waals surface area contributed by atoms with Crippen LogP contribution in [0.1, 0.15) is 23.3 Å². The van der Waals surface area contributed by atoms with Gasteiger partial charge >= 0.3 is 0 Å². The molecular formula is C17H17NO6. The summed E-state index contributed by atoms with van der Waals surface area (Å²) in [6.07, 6.45) is -1.72. The lowest BCUT2D eigenvalue weighted by molar-refractivity contribution is -0.385. The van der Waals surface area contributed by atoms with E-state index in [1.165, 1.54) is 26.4 Å². The van der Waals surface area contributed by atoms with Crippen LogP contribution in [0.5, 0.6) is 11.5 Å². The van der Waals surface area contributed by atoms with Crippen LogP contribution >= 0.6 is 0 Å². The van der Waals surface area contributed by atoms with Gasteiger partial charge < -0.3 is 19.3 Å². The third-order valence-corrected chi connectivity index (χ3v) is 4.24. The van der Waals surface area contributed by atoms with Gasteiger partial charge in [0.2, 0.25) is 0 Å². The minimum absolute atomic E-state index is 0.0846. The molecule has 2 unspecified atom stereocenters. The fraction of sp³-hybridized carbons (Fsp3) is 0.294. The molecule has 1 aliphatic carbocycles. The van der Waals surface area contributed by atoms with E-state index >= 15 is 0 Å². The van der Waals surface area contributed by atoms with Gasteiger partial charge in [0.15, 0.2) is 0 Å². The fourth-order valence-corrected chi connectivity index (χ4v) is 3.13. The zero-order chi connectivity index (χ0) is 17.4. The average molecular weight is 331 g/mol. The Balaban J connectivity index is 2.32. The maximum absolute atomic E-state index is 11.0. The van der Waals surface area contributed by atoms with E-state index in [0.717, 1.165) is 5.56 Å². The van der Waals surface area contributed by atoms with Crippen molar-refractivity contribution < 1.29 is 24.2 Å². The monoisotopic (exact) mass is 331 g/mol. The molecule has 24 heavy (non-hydrogen) atoms. The van der Waals surface area contributed by atoms with E-state index in [1.54, 1.807) is 25.3 Å². The predicted octanol–water partition coefficient (Wildman–Crippen LogP) is 3.01. The number of ether oxygens (including phenoxy) is 3. The van der Waals surface area contributed by atoms with Crippen molar-refractivity contribution in [3.63, 3.8) is 0 Å². The summed E-state index contributed by atoms with van der Waals surface area (Å²) >= 11 is 0. The molecule has 0 spiro atoms. The predicted molar refractivity (Wildman–Crippen MR) is 86.3 cm³/mol. The Morgan fingerprint density at radius 2 is 1.83 bits per heavy atom. The van der Waals surface area contributed by atoms with E-state index in [2.05, 4.69) is 0 Å². The molecule has 0 bridgehead atoms. The Morgan fingerprint density at radius 1 is 1.08 bits per heavy atom. The number of fused-ring (bicyclic) bond motifs is 3. The van der Waals surface area contributed by atoms with E-state index in [4.69, 9.17) is 14.2 Å². The van der Waals surface area contributed by atoms with E-state index in [1.807, 2.05) is 0 Å². The topological polar surface area (TPSA) is 91.1 Å². The number of hydrogen-bond acceptors (Lipinski definition) is 6. The molecule has 0 saturated carbocycles. The number of nitro groups is 1. The molecule has 0 fully saturated rings. The van der Waals surface area contributed by atoms with Crippen LogP contribution in [0.2, 0.25) is 0 Å². The van der Waals surface area contributed by atoms with E-state index in [9.17, 15) is 15.2 Å². The number of rotatable bonds is 4. The summed E-state index contributed by atoms with van der Waals surface area (Å²) in [5.41, 5.74) is 2.48. The van der Waals surface area contributed by atoms with Gasteiger partial charge in [-0.1, -0.05) is 0 Å². The Kier molecular flexibility index (Phi) is 4.13. The number of hydrogen-bond donors (Lipinski definition) is 1. The summed E-state index contributed by atoms with van der Waals surface area (Å²) in [6.45, 7) is 0. The lowest BCUT2D eigenvalue weighted by atomic mass is 9.81. The van der Waals surface area contributed by atoms with Crippen LogP contribution in [0.4, 0.5) is 5.69 Å². The minimum atomic E-state index is -1.03. The first kappa shape index (κ1) is 16.2. The molecule has 2 aromatic carbocycles. The second-order valence-electron chi connectivity index (χ2n) is 5.42. The SMILES string of the molecule is COc1cc(OC)c2c(c1)C(OC)C(O)c1cc([N+](=O)[O-])ccc1-2. The fourth-order valence-electron chi connectivity index (χ4n) is 3.13. The van der Waals surface area contributed by atoms with Crippen LogP contribution < -0.4 is 9.47 Å². The van der Waals surface area contributed by atoms with E-state index in [0.29, 0.717) is 28.2 Å². The Labute approximate surface area is 138 Å². The maximum atomic E-state index is 11.0. The normalized spacial score (nSPS) is 18.5. The van der Waals surface area contributed by atoms with E-state index < -0.39 is 17.1 Å². The standard InChI is InChI=1S/C17H17NO6/c1-22-10-7-13-15(14(8-10)23-2)11-5-4-9(18(20)21)6-12(11)16(19)17(13)24-3/h4-8,16-17,19H,1-3H3. The summed E-state index contributed by atoms with van der Waals surface area (Å²) in [5, 5.41) is 21.7. The lowest BCUT2D eigenvalue weighted by Gasteiger charge is -2.32. The van der Waals surface area contributed by atoms with Crippen LogP contribution in [0.3, 0.4) is 0 Å². The molecule has 0 heterocycles. The summed E-state index contributed by atoms with van der Waals surface area (Å²) in [6, 6.07) is 7.91. The largest absolute Gasteiger partial charge is 0.497 e. The summed E-state index contributed by atoms with van der Waals surface area (Å²) in [5.74, 6) is 1.12. The highest BCUT2D eigenvalue weighted by molar-refractivity contribution is 5.81. The molecule has 1 aliphatic rings. The van der Waals surface area contributed by atoms with Gasteiger partial charge in [-0.15, -0.1) is 0 Å². The van der Waals surface area contributed by atoms with Gasteiger partial charge in [0.25, 0.3) is 5.69 Å². The highest BCUT2D eigenvalue weighted by Gasteiger charge is 2.36. The maximum Gasteiger partial charge on any atom is 0.269 e. The Bertz CT molecular complexity index is 804. The van der Waals surface area contributed by atoms with Gasteiger partial charge in [-0.2, -0.15) is 0 Å². The van der Waals surface area contributed by atoms with Gasteiger partial charge in [0.1, 0.15) is 23.7 Å². The first-order valence-electron chi connectivity index (χ1n) is 7.27. The molecule has 0 radical (unpaired) electrons. The Morgan fingerprint density at radius 3 is 2.42 bits per heavy atom. The average Bonchev–Trinajstić information content (AvgIpc) is 2.60. The van der Waals surface area contributed by atoms with Gasteiger partial charge in [-0.3, -0.25) is 10.1 Å². The van der Waals surface area contributed by atoms with Gasteiger partial charge in [-0.25, -0.2) is 0 Å². The third-order valence-electron chi connectivity index (χ3n) is 4.24. The number of nitro benzene ring substituents is 1. The first-order valence-corrected chi connectivity index (χ1v) is 7.27. The first-order chi connectivity index (χ1) is 11.5. The zero-order valence-corrected chi connectivity index (χ0v) is 13.5. The van der Waals surface area contributed by atoms with Crippen LogP contribution in [0.25, 0.3) is 11.1 Å². The molecule has 0 saturated heterocycles. The quantitative estimate of drug-likeness (QED) is 0.684. The van der Waals surface area contributed by atoms with Crippen molar-refractivity contribution in [1.82, 2.24) is 0 Å². The number of nitrogens with zero attached hydrogens (tertiary/aromatic N) is 1. The molecule has 0 aliphatic heterocycles. The van der Waals surface area contributed by atoms with E-state index in [-0.39, 0.29) is 5.69 Å². The van der Waals surface area contributed by atoms with Crippen molar-refractivity contribution in [3.8, 4) is 22.6 Å². The molecule has 0 aromatic heterocycles. The number of non-ortho nitro benzene ring substituents is 1. The Hall–Kier alpha value is -2.64. The van der Waals surface area contributed by atoms with Crippen molar-refractivity contribution in [3.05, 3.63) is 51.6 Å². The van der Waals surface area contributed by atoms with Crippen molar-refractivity contribution in [2.24, 2.45) is 0 Å².